The Morgan fingerprint density at radius 3 is 2.20 bits per heavy atom. The van der Waals surface area contributed by atoms with Gasteiger partial charge in [-0.1, -0.05) is 0 Å². The predicted octanol–water partition coefficient (Wildman–Crippen LogP) is -1.93. The second-order valence-corrected chi connectivity index (χ2v) is 4.83. The summed E-state index contributed by atoms with van der Waals surface area (Å²) in [5.74, 6) is -3.97. The Bertz CT molecular complexity index is 373. The van der Waals surface area contributed by atoms with Crippen LogP contribution in [0.5, 0.6) is 0 Å². The van der Waals surface area contributed by atoms with Crippen molar-refractivity contribution < 1.29 is 27.9 Å². The first-order valence-electron chi connectivity index (χ1n) is 3.74. The van der Waals surface area contributed by atoms with Gasteiger partial charge in [-0.2, -0.15) is 0 Å². The van der Waals surface area contributed by atoms with Crippen molar-refractivity contribution in [3.05, 3.63) is 0 Å². The number of sulfone groups is 1. The molecule has 0 aliphatic rings. The molecule has 0 heterocycles. The normalized spacial score (nSPS) is 10.7. The van der Waals surface area contributed by atoms with Gasteiger partial charge in [-0.25, -0.2) is 13.2 Å². The molecule has 0 saturated heterocycles. The number of carbonyl (C=O) groups is 3. The number of carboxylic acid groups (broad SMARTS) is 1. The van der Waals surface area contributed by atoms with Gasteiger partial charge < -0.3 is 10.8 Å². The van der Waals surface area contributed by atoms with Crippen molar-refractivity contribution in [2.45, 2.75) is 6.42 Å². The summed E-state index contributed by atoms with van der Waals surface area (Å²) in [6, 6.07) is -1.16. The van der Waals surface area contributed by atoms with E-state index in [1.54, 1.807) is 5.32 Å². The summed E-state index contributed by atoms with van der Waals surface area (Å²) in [5, 5.41) is 9.78. The number of urea groups is 1. The topological polar surface area (TPSA) is 144 Å². The fraction of sp³-hybridized carbons (Fsp3) is 0.500. The van der Waals surface area contributed by atoms with E-state index in [1.807, 2.05) is 0 Å². The standard InChI is InChI=1S/C6H10N2O6S/c7-6(12)8-4(9)3-15(13,14)2-1-5(10)11/h1-3H2,(H,10,11)(H3,7,8,9,12). The highest BCUT2D eigenvalue weighted by Gasteiger charge is 2.18. The molecular formula is C6H10N2O6S. The Hall–Kier alpha value is -1.64. The lowest BCUT2D eigenvalue weighted by molar-refractivity contribution is -0.136. The van der Waals surface area contributed by atoms with Gasteiger partial charge in [-0.3, -0.25) is 14.9 Å². The molecular weight excluding hydrogens is 228 g/mol. The van der Waals surface area contributed by atoms with Gasteiger partial charge >= 0.3 is 12.0 Å². The van der Waals surface area contributed by atoms with Gasteiger partial charge in [-0.15, -0.1) is 0 Å². The van der Waals surface area contributed by atoms with Crippen molar-refractivity contribution in [3.8, 4) is 0 Å². The Kier molecular flexibility index (Phi) is 4.71. The molecule has 0 fully saturated rings. The Morgan fingerprint density at radius 2 is 1.80 bits per heavy atom. The van der Waals surface area contributed by atoms with E-state index in [2.05, 4.69) is 5.73 Å². The van der Waals surface area contributed by atoms with Crippen molar-refractivity contribution in [1.82, 2.24) is 5.32 Å². The summed E-state index contributed by atoms with van der Waals surface area (Å²) >= 11 is 0. The molecule has 86 valence electrons. The number of nitrogens with two attached hydrogens (primary N) is 1. The van der Waals surface area contributed by atoms with Gasteiger partial charge in [0.2, 0.25) is 5.91 Å². The zero-order valence-electron chi connectivity index (χ0n) is 7.60. The molecule has 0 bridgehead atoms. The van der Waals surface area contributed by atoms with E-state index in [-0.39, 0.29) is 0 Å². The predicted molar refractivity (Wildman–Crippen MR) is 48.6 cm³/mol. The van der Waals surface area contributed by atoms with Crippen LogP contribution < -0.4 is 11.1 Å². The SMILES string of the molecule is NC(=O)NC(=O)CS(=O)(=O)CCC(=O)O. The molecule has 0 saturated carbocycles. The first-order valence-corrected chi connectivity index (χ1v) is 5.56. The highest BCUT2D eigenvalue weighted by molar-refractivity contribution is 7.92. The van der Waals surface area contributed by atoms with E-state index in [4.69, 9.17) is 5.11 Å². The van der Waals surface area contributed by atoms with E-state index < -0.39 is 45.7 Å². The van der Waals surface area contributed by atoms with E-state index in [1.165, 1.54) is 0 Å². The zero-order valence-corrected chi connectivity index (χ0v) is 8.41. The molecule has 0 aromatic heterocycles. The molecule has 15 heavy (non-hydrogen) atoms. The molecule has 8 nitrogen and oxygen atoms in total. The molecule has 3 amide bonds. The molecule has 0 spiro atoms. The van der Waals surface area contributed by atoms with Gasteiger partial charge in [0.25, 0.3) is 0 Å². The molecule has 9 heteroatoms. The maximum Gasteiger partial charge on any atom is 0.318 e. The summed E-state index contributed by atoms with van der Waals surface area (Å²) in [7, 11) is -3.82. The zero-order chi connectivity index (χ0) is 12.1. The maximum atomic E-state index is 11.1. The number of hydrogen-bond donors (Lipinski definition) is 3. The first-order chi connectivity index (χ1) is 6.73. The molecule has 0 rings (SSSR count). The molecule has 0 unspecified atom stereocenters. The fourth-order valence-corrected chi connectivity index (χ4v) is 1.79. The minimum atomic E-state index is -3.82. The first kappa shape index (κ1) is 13.4. The highest BCUT2D eigenvalue weighted by Crippen LogP contribution is 1.94. The van der Waals surface area contributed by atoms with Gasteiger partial charge in [-0.05, 0) is 0 Å². The van der Waals surface area contributed by atoms with E-state index in [0.717, 1.165) is 0 Å². The minimum Gasteiger partial charge on any atom is -0.481 e. The lowest BCUT2D eigenvalue weighted by Gasteiger charge is -2.01. The lowest BCUT2D eigenvalue weighted by Crippen LogP contribution is -2.39. The summed E-state index contributed by atoms with van der Waals surface area (Å²) < 4.78 is 22.1. The van der Waals surface area contributed by atoms with Crippen molar-refractivity contribution >= 4 is 27.7 Å². The third-order valence-electron chi connectivity index (χ3n) is 1.24. The minimum absolute atomic E-state index is 0.591. The van der Waals surface area contributed by atoms with Crippen LogP contribution in [-0.2, 0) is 19.4 Å². The summed E-state index contributed by atoms with van der Waals surface area (Å²) in [6.07, 6.45) is -0.591. The lowest BCUT2D eigenvalue weighted by atomic mass is 10.5. The number of nitrogens with one attached hydrogen (secondary N) is 1. The quantitative estimate of drug-likeness (QED) is 0.508. The smallest absolute Gasteiger partial charge is 0.318 e. The van der Waals surface area contributed by atoms with Crippen LogP contribution in [0.25, 0.3) is 0 Å². The van der Waals surface area contributed by atoms with Crippen LogP contribution in [-0.4, -0.2) is 42.9 Å². The van der Waals surface area contributed by atoms with Crippen molar-refractivity contribution in [1.29, 1.82) is 0 Å². The second-order valence-electron chi connectivity index (χ2n) is 2.65. The third kappa shape index (κ3) is 7.43. The highest BCUT2D eigenvalue weighted by atomic mass is 32.2. The van der Waals surface area contributed by atoms with Crippen LogP contribution in [0.2, 0.25) is 0 Å². The number of imide groups is 1. The van der Waals surface area contributed by atoms with E-state index >= 15 is 0 Å². The van der Waals surface area contributed by atoms with Gasteiger partial charge in [0, 0.05) is 0 Å². The monoisotopic (exact) mass is 238 g/mol. The van der Waals surface area contributed by atoms with Crippen LogP contribution in [0.3, 0.4) is 0 Å². The number of aliphatic carboxylic acids is 1. The Labute approximate surface area is 85.4 Å². The van der Waals surface area contributed by atoms with Crippen molar-refractivity contribution in [2.24, 2.45) is 5.73 Å². The third-order valence-corrected chi connectivity index (χ3v) is 2.77. The molecule has 0 aliphatic heterocycles. The summed E-state index contributed by atoms with van der Waals surface area (Å²) in [4.78, 5) is 31.0. The average molecular weight is 238 g/mol. The van der Waals surface area contributed by atoms with Crippen LogP contribution in [0.1, 0.15) is 6.42 Å². The van der Waals surface area contributed by atoms with Crippen LogP contribution in [0.15, 0.2) is 0 Å². The van der Waals surface area contributed by atoms with E-state index in [0.29, 0.717) is 0 Å². The van der Waals surface area contributed by atoms with Crippen LogP contribution in [0, 0.1) is 0 Å². The average Bonchev–Trinajstić information content (AvgIpc) is 1.98. The van der Waals surface area contributed by atoms with E-state index in [9.17, 15) is 22.8 Å². The van der Waals surface area contributed by atoms with Crippen molar-refractivity contribution in [2.75, 3.05) is 11.5 Å². The van der Waals surface area contributed by atoms with Crippen LogP contribution in [0.4, 0.5) is 4.79 Å². The number of rotatable bonds is 5. The largest absolute Gasteiger partial charge is 0.481 e. The molecule has 0 aromatic rings. The molecule has 0 atom stereocenters. The number of carbonyl (C=O) groups excluding carboxylic acids is 2. The number of carboxylic acids is 1. The maximum absolute atomic E-state index is 11.1. The second kappa shape index (κ2) is 5.29. The fourth-order valence-electron chi connectivity index (χ4n) is 0.688. The van der Waals surface area contributed by atoms with Gasteiger partial charge in [0.1, 0.15) is 5.75 Å². The number of primary amides is 1. The molecule has 0 aromatic carbocycles. The molecule has 0 aliphatic carbocycles. The van der Waals surface area contributed by atoms with Crippen molar-refractivity contribution in [3.63, 3.8) is 0 Å². The molecule has 4 N–H and O–H groups in total. The summed E-state index contributed by atoms with van der Waals surface area (Å²) in [6.45, 7) is 0. The number of amides is 3. The summed E-state index contributed by atoms with van der Waals surface area (Å²) in [5.41, 5.74) is 4.57. The number of hydrogen-bond acceptors (Lipinski definition) is 5. The van der Waals surface area contributed by atoms with Gasteiger partial charge in [0.05, 0.1) is 12.2 Å². The molecule has 0 radical (unpaired) electrons. The Balaban J connectivity index is 4.20. The van der Waals surface area contributed by atoms with Gasteiger partial charge in [0.15, 0.2) is 9.84 Å². The Morgan fingerprint density at radius 1 is 1.27 bits per heavy atom. The van der Waals surface area contributed by atoms with Crippen LogP contribution >= 0.6 is 0 Å².